The second-order valence-electron chi connectivity index (χ2n) is 4.59. The van der Waals surface area contributed by atoms with Crippen LogP contribution in [0.3, 0.4) is 0 Å². The van der Waals surface area contributed by atoms with Gasteiger partial charge in [-0.05, 0) is 11.6 Å². The van der Waals surface area contributed by atoms with E-state index >= 15 is 0 Å². The molecule has 2 aromatic rings. The predicted octanol–water partition coefficient (Wildman–Crippen LogP) is 3.11. The molecule has 0 spiro atoms. The van der Waals surface area contributed by atoms with E-state index in [1.165, 1.54) is 0 Å². The number of rotatable bonds is 4. The third-order valence-corrected chi connectivity index (χ3v) is 3.68. The first-order valence-electron chi connectivity index (χ1n) is 5.99. The number of hydrogen-bond donors (Lipinski definition) is 1. The fourth-order valence-electron chi connectivity index (χ4n) is 1.97. The molecule has 1 unspecified atom stereocenters. The molecule has 1 aromatic heterocycles. The Morgan fingerprint density at radius 2 is 2.11 bits per heavy atom. The first kappa shape index (κ1) is 13.8. The molecule has 100 valence electrons. The molecule has 0 bridgehead atoms. The molecule has 0 saturated heterocycles. The summed E-state index contributed by atoms with van der Waals surface area (Å²) in [6.07, 6.45) is 2.34. The van der Waals surface area contributed by atoms with Crippen LogP contribution in [0.4, 0.5) is 0 Å². The highest BCUT2D eigenvalue weighted by Crippen LogP contribution is 2.31. The van der Waals surface area contributed by atoms with Crippen LogP contribution >= 0.6 is 15.9 Å². The summed E-state index contributed by atoms with van der Waals surface area (Å²) in [6.45, 7) is 1.70. The Balaban J connectivity index is 2.42. The number of halogens is 1. The van der Waals surface area contributed by atoms with Crippen LogP contribution < -0.4 is 0 Å². The highest BCUT2D eigenvalue weighted by molar-refractivity contribution is 9.10. The molecule has 5 heteroatoms. The minimum Gasteiger partial charge on any atom is -0.481 e. The van der Waals surface area contributed by atoms with Gasteiger partial charge in [-0.25, -0.2) is 0 Å². The Bertz CT molecular complexity index is 607. The van der Waals surface area contributed by atoms with Crippen molar-refractivity contribution in [3.05, 3.63) is 40.6 Å². The number of carboxylic acid groups (broad SMARTS) is 1. The maximum Gasteiger partial charge on any atom is 0.306 e. The Morgan fingerprint density at radius 3 is 2.74 bits per heavy atom. The van der Waals surface area contributed by atoms with Crippen molar-refractivity contribution < 1.29 is 9.90 Å². The number of aryl methyl sites for hydroxylation is 1. The Morgan fingerprint density at radius 1 is 1.42 bits per heavy atom. The highest BCUT2D eigenvalue weighted by Gasteiger charge is 2.18. The lowest BCUT2D eigenvalue weighted by Gasteiger charge is -2.07. The maximum atomic E-state index is 11.0. The summed E-state index contributed by atoms with van der Waals surface area (Å²) < 4.78 is 2.70. The van der Waals surface area contributed by atoms with Gasteiger partial charge in [0.1, 0.15) is 0 Å². The zero-order valence-electron chi connectivity index (χ0n) is 10.8. The molecular weight excluding hydrogens is 308 g/mol. The van der Waals surface area contributed by atoms with Gasteiger partial charge >= 0.3 is 5.97 Å². The molecule has 4 nitrogen and oxygen atoms in total. The van der Waals surface area contributed by atoms with Crippen molar-refractivity contribution in [1.82, 2.24) is 9.78 Å². The minimum atomic E-state index is -0.802. The van der Waals surface area contributed by atoms with Crippen molar-refractivity contribution in [2.24, 2.45) is 13.0 Å². The van der Waals surface area contributed by atoms with Gasteiger partial charge in [0.25, 0.3) is 0 Å². The van der Waals surface area contributed by atoms with Gasteiger partial charge in [-0.3, -0.25) is 9.48 Å². The number of nitrogens with zero attached hydrogens (tertiary/aromatic N) is 2. The SMILES string of the molecule is CC(Cc1nn(C)cc1-c1ccccc1Br)C(=O)O. The molecule has 1 aromatic carbocycles. The standard InChI is InChI=1S/C14H15BrN2O2/c1-9(14(18)19)7-13-11(8-17(2)16-13)10-5-3-4-6-12(10)15/h3-6,8-9H,7H2,1-2H3,(H,18,19). The molecule has 0 radical (unpaired) electrons. The number of hydrogen-bond acceptors (Lipinski definition) is 2. The summed E-state index contributed by atoms with van der Waals surface area (Å²) in [5.41, 5.74) is 2.82. The van der Waals surface area contributed by atoms with Gasteiger partial charge < -0.3 is 5.11 Å². The fraction of sp³-hybridized carbons (Fsp3) is 0.286. The molecular formula is C14H15BrN2O2. The van der Waals surface area contributed by atoms with Gasteiger partial charge in [0.15, 0.2) is 0 Å². The highest BCUT2D eigenvalue weighted by atomic mass is 79.9. The fourth-order valence-corrected chi connectivity index (χ4v) is 2.47. The summed E-state index contributed by atoms with van der Waals surface area (Å²) in [5.74, 6) is -1.25. The van der Waals surface area contributed by atoms with E-state index in [2.05, 4.69) is 21.0 Å². The topological polar surface area (TPSA) is 55.1 Å². The largest absolute Gasteiger partial charge is 0.481 e. The molecule has 0 amide bonds. The summed E-state index contributed by atoms with van der Waals surface area (Å²) in [4.78, 5) is 11.0. The van der Waals surface area contributed by atoms with Gasteiger partial charge in [-0.15, -0.1) is 0 Å². The lowest BCUT2D eigenvalue weighted by atomic mass is 9.99. The van der Waals surface area contributed by atoms with E-state index in [1.807, 2.05) is 37.5 Å². The van der Waals surface area contributed by atoms with Gasteiger partial charge in [0.2, 0.25) is 0 Å². The molecule has 2 rings (SSSR count). The van der Waals surface area contributed by atoms with Crippen LogP contribution in [0.5, 0.6) is 0 Å². The minimum absolute atomic E-state index is 0.423. The number of carboxylic acids is 1. The van der Waals surface area contributed by atoms with E-state index < -0.39 is 11.9 Å². The van der Waals surface area contributed by atoms with E-state index in [-0.39, 0.29) is 0 Å². The Labute approximate surface area is 120 Å². The van der Waals surface area contributed by atoms with E-state index in [1.54, 1.807) is 11.6 Å². The van der Waals surface area contributed by atoms with Crippen LogP contribution in [0.2, 0.25) is 0 Å². The lowest BCUT2D eigenvalue weighted by molar-refractivity contribution is -0.141. The number of carbonyl (C=O) groups is 1. The summed E-state index contributed by atoms with van der Waals surface area (Å²) in [5, 5.41) is 13.4. The Hall–Kier alpha value is -1.62. The molecule has 19 heavy (non-hydrogen) atoms. The first-order valence-corrected chi connectivity index (χ1v) is 6.78. The lowest BCUT2D eigenvalue weighted by Crippen LogP contribution is -2.13. The summed E-state index contributed by atoms with van der Waals surface area (Å²) >= 11 is 3.52. The Kier molecular flexibility index (Phi) is 4.04. The monoisotopic (exact) mass is 322 g/mol. The molecule has 0 aliphatic rings. The van der Waals surface area contributed by atoms with Gasteiger partial charge in [0, 0.05) is 29.7 Å². The van der Waals surface area contributed by atoms with E-state index in [0.29, 0.717) is 6.42 Å². The molecule has 1 heterocycles. The van der Waals surface area contributed by atoms with Crippen molar-refractivity contribution in [3.8, 4) is 11.1 Å². The molecule has 0 saturated carbocycles. The number of benzene rings is 1. The van der Waals surface area contributed by atoms with Crippen LogP contribution in [0.15, 0.2) is 34.9 Å². The number of aliphatic carboxylic acids is 1. The van der Waals surface area contributed by atoms with Crippen molar-refractivity contribution in [2.45, 2.75) is 13.3 Å². The van der Waals surface area contributed by atoms with Crippen LogP contribution in [-0.4, -0.2) is 20.9 Å². The van der Waals surface area contributed by atoms with Crippen molar-refractivity contribution in [2.75, 3.05) is 0 Å². The second kappa shape index (κ2) is 5.57. The van der Waals surface area contributed by atoms with E-state index in [9.17, 15) is 4.79 Å². The quantitative estimate of drug-likeness (QED) is 0.940. The maximum absolute atomic E-state index is 11.0. The third-order valence-electron chi connectivity index (χ3n) is 2.99. The normalized spacial score (nSPS) is 12.4. The predicted molar refractivity (Wildman–Crippen MR) is 76.8 cm³/mol. The zero-order valence-corrected chi connectivity index (χ0v) is 12.4. The van der Waals surface area contributed by atoms with Gasteiger partial charge in [-0.1, -0.05) is 41.1 Å². The number of aromatic nitrogens is 2. The van der Waals surface area contributed by atoms with Crippen LogP contribution in [0, 0.1) is 5.92 Å². The molecule has 1 N–H and O–H groups in total. The van der Waals surface area contributed by atoms with Crippen LogP contribution in [-0.2, 0) is 18.3 Å². The van der Waals surface area contributed by atoms with Gasteiger partial charge in [-0.2, -0.15) is 5.10 Å². The molecule has 0 aliphatic heterocycles. The van der Waals surface area contributed by atoms with E-state index in [0.717, 1.165) is 21.3 Å². The second-order valence-corrected chi connectivity index (χ2v) is 5.44. The average molecular weight is 323 g/mol. The summed E-state index contributed by atoms with van der Waals surface area (Å²) in [6, 6.07) is 7.86. The third kappa shape index (κ3) is 3.04. The van der Waals surface area contributed by atoms with Crippen LogP contribution in [0.25, 0.3) is 11.1 Å². The van der Waals surface area contributed by atoms with Crippen molar-refractivity contribution in [3.63, 3.8) is 0 Å². The average Bonchev–Trinajstić information content (AvgIpc) is 2.70. The molecule has 0 fully saturated rings. The smallest absolute Gasteiger partial charge is 0.306 e. The summed E-state index contributed by atoms with van der Waals surface area (Å²) in [7, 11) is 1.84. The van der Waals surface area contributed by atoms with Crippen molar-refractivity contribution in [1.29, 1.82) is 0 Å². The zero-order chi connectivity index (χ0) is 14.0. The molecule has 1 atom stereocenters. The molecule has 0 aliphatic carbocycles. The van der Waals surface area contributed by atoms with Crippen molar-refractivity contribution >= 4 is 21.9 Å². The van der Waals surface area contributed by atoms with E-state index in [4.69, 9.17) is 5.11 Å². The first-order chi connectivity index (χ1) is 8.99. The van der Waals surface area contributed by atoms with Gasteiger partial charge in [0.05, 0.1) is 11.6 Å². The van der Waals surface area contributed by atoms with Crippen LogP contribution in [0.1, 0.15) is 12.6 Å².